The fourth-order valence-electron chi connectivity index (χ4n) is 2.12. The van der Waals surface area contributed by atoms with E-state index in [-0.39, 0.29) is 11.8 Å². The average Bonchev–Trinajstić information content (AvgIpc) is 2.57. The molecule has 0 aliphatic heterocycles. The third-order valence-electron chi connectivity index (χ3n) is 3.67. The van der Waals surface area contributed by atoms with Gasteiger partial charge in [-0.15, -0.1) is 6.58 Å². The number of hydrogen-bond acceptors (Lipinski definition) is 2. The Morgan fingerprint density at radius 2 is 1.61 bits per heavy atom. The molecule has 23 heavy (non-hydrogen) atoms. The van der Waals surface area contributed by atoms with Crippen LogP contribution in [-0.4, -0.2) is 18.4 Å². The van der Waals surface area contributed by atoms with Crippen LogP contribution in [0.2, 0.25) is 0 Å². The minimum absolute atomic E-state index is 0.189. The number of aryl methyl sites for hydroxylation is 1. The maximum Gasteiger partial charge on any atom is 0.255 e. The molecule has 118 valence electrons. The Bertz CT molecular complexity index is 734. The van der Waals surface area contributed by atoms with Gasteiger partial charge in [-0.2, -0.15) is 0 Å². The van der Waals surface area contributed by atoms with Crippen LogP contribution in [0.4, 0.5) is 5.69 Å². The number of carbonyl (C=O) groups is 2. The number of rotatable bonds is 5. The number of nitrogens with one attached hydrogen (secondary N) is 2. The van der Waals surface area contributed by atoms with Crippen molar-refractivity contribution in [1.82, 2.24) is 5.32 Å². The molecule has 0 aliphatic carbocycles. The van der Waals surface area contributed by atoms with Gasteiger partial charge in [0.1, 0.15) is 0 Å². The van der Waals surface area contributed by atoms with Crippen LogP contribution in [0.3, 0.4) is 0 Å². The molecule has 0 bridgehead atoms. The van der Waals surface area contributed by atoms with E-state index in [1.54, 1.807) is 30.3 Å². The van der Waals surface area contributed by atoms with Gasteiger partial charge in [0.25, 0.3) is 11.8 Å². The first-order valence-electron chi connectivity index (χ1n) is 7.39. The largest absolute Gasteiger partial charge is 0.349 e. The molecule has 0 saturated carbocycles. The molecule has 0 saturated heterocycles. The molecule has 0 atom stereocenters. The zero-order valence-corrected chi connectivity index (χ0v) is 13.3. The normalized spacial score (nSPS) is 10.0. The summed E-state index contributed by atoms with van der Waals surface area (Å²) in [6.45, 7) is 7.93. The predicted octanol–water partition coefficient (Wildman–Crippen LogP) is 3.47. The van der Waals surface area contributed by atoms with Gasteiger partial charge < -0.3 is 10.6 Å². The SMILES string of the molecule is C=CCNC(=O)c1ccc(C(=O)Nc2cccc(C)c2C)cc1. The number of carbonyl (C=O) groups excluding carboxylic acids is 2. The molecule has 4 heteroatoms. The van der Waals surface area contributed by atoms with Gasteiger partial charge in [-0.05, 0) is 55.3 Å². The molecule has 2 aromatic carbocycles. The summed E-state index contributed by atoms with van der Waals surface area (Å²) in [6, 6.07) is 12.3. The van der Waals surface area contributed by atoms with Gasteiger partial charge in [0.2, 0.25) is 0 Å². The lowest BCUT2D eigenvalue weighted by Gasteiger charge is -2.10. The van der Waals surface area contributed by atoms with E-state index in [0.717, 1.165) is 16.8 Å². The highest BCUT2D eigenvalue weighted by Crippen LogP contribution is 2.19. The minimum Gasteiger partial charge on any atom is -0.349 e. The van der Waals surface area contributed by atoms with E-state index in [0.29, 0.717) is 17.7 Å². The summed E-state index contributed by atoms with van der Waals surface area (Å²) in [5.41, 5.74) is 3.97. The zero-order valence-electron chi connectivity index (χ0n) is 13.3. The molecule has 0 spiro atoms. The molecule has 0 aliphatic rings. The van der Waals surface area contributed by atoms with Gasteiger partial charge in [-0.25, -0.2) is 0 Å². The van der Waals surface area contributed by atoms with Gasteiger partial charge in [-0.3, -0.25) is 9.59 Å². The Balaban J connectivity index is 2.10. The van der Waals surface area contributed by atoms with Crippen LogP contribution in [0.15, 0.2) is 55.1 Å². The van der Waals surface area contributed by atoms with Crippen molar-refractivity contribution in [2.24, 2.45) is 0 Å². The topological polar surface area (TPSA) is 58.2 Å². The second-order valence-electron chi connectivity index (χ2n) is 5.28. The molecular formula is C19H20N2O2. The van der Waals surface area contributed by atoms with Crippen molar-refractivity contribution in [3.63, 3.8) is 0 Å². The van der Waals surface area contributed by atoms with Crippen LogP contribution in [0.25, 0.3) is 0 Å². The van der Waals surface area contributed by atoms with Crippen molar-refractivity contribution in [3.8, 4) is 0 Å². The van der Waals surface area contributed by atoms with E-state index in [1.165, 1.54) is 0 Å². The van der Waals surface area contributed by atoms with E-state index >= 15 is 0 Å². The van der Waals surface area contributed by atoms with Gasteiger partial charge >= 0.3 is 0 Å². The third kappa shape index (κ3) is 4.07. The van der Waals surface area contributed by atoms with Crippen molar-refractivity contribution in [2.45, 2.75) is 13.8 Å². The summed E-state index contributed by atoms with van der Waals surface area (Å²) in [7, 11) is 0. The van der Waals surface area contributed by atoms with Gasteiger partial charge in [0.05, 0.1) is 0 Å². The lowest BCUT2D eigenvalue weighted by Crippen LogP contribution is -2.23. The zero-order chi connectivity index (χ0) is 16.8. The summed E-state index contributed by atoms with van der Waals surface area (Å²) >= 11 is 0. The monoisotopic (exact) mass is 308 g/mol. The molecule has 0 fully saturated rings. The Hall–Kier alpha value is -2.88. The van der Waals surface area contributed by atoms with Crippen LogP contribution in [0, 0.1) is 13.8 Å². The second-order valence-corrected chi connectivity index (χ2v) is 5.28. The summed E-state index contributed by atoms with van der Waals surface area (Å²) in [5, 5.41) is 5.59. The smallest absolute Gasteiger partial charge is 0.255 e. The molecule has 2 N–H and O–H groups in total. The molecule has 2 aromatic rings. The van der Waals surface area contributed by atoms with Gasteiger partial charge in [-0.1, -0.05) is 18.2 Å². The van der Waals surface area contributed by atoms with E-state index in [1.807, 2.05) is 32.0 Å². The van der Waals surface area contributed by atoms with E-state index < -0.39 is 0 Å². The summed E-state index contributed by atoms with van der Waals surface area (Å²) in [6.07, 6.45) is 1.61. The molecule has 0 radical (unpaired) electrons. The molecule has 0 aromatic heterocycles. The number of benzene rings is 2. The first-order valence-corrected chi connectivity index (χ1v) is 7.39. The number of hydrogen-bond donors (Lipinski definition) is 2. The highest BCUT2D eigenvalue weighted by atomic mass is 16.2. The Morgan fingerprint density at radius 1 is 1.00 bits per heavy atom. The Kier molecular flexibility index (Phi) is 5.31. The van der Waals surface area contributed by atoms with Crippen molar-refractivity contribution >= 4 is 17.5 Å². The van der Waals surface area contributed by atoms with Crippen LogP contribution in [0.5, 0.6) is 0 Å². The van der Waals surface area contributed by atoms with Gasteiger partial charge in [0, 0.05) is 23.4 Å². The number of amides is 2. The summed E-state index contributed by atoms with van der Waals surface area (Å²) in [4.78, 5) is 24.1. The lowest BCUT2D eigenvalue weighted by molar-refractivity contribution is 0.0956. The standard InChI is InChI=1S/C19H20N2O2/c1-4-12-20-18(22)15-8-10-16(11-9-15)19(23)21-17-7-5-6-13(2)14(17)3/h4-11H,1,12H2,2-3H3,(H,20,22)(H,21,23). The van der Waals surface area contributed by atoms with E-state index in [2.05, 4.69) is 17.2 Å². The fraction of sp³-hybridized carbons (Fsp3) is 0.158. The molecular weight excluding hydrogens is 288 g/mol. The van der Waals surface area contributed by atoms with Crippen molar-refractivity contribution in [2.75, 3.05) is 11.9 Å². The number of anilines is 1. The Morgan fingerprint density at radius 3 is 2.22 bits per heavy atom. The maximum atomic E-state index is 12.3. The molecule has 0 unspecified atom stereocenters. The molecule has 4 nitrogen and oxygen atoms in total. The van der Waals surface area contributed by atoms with Crippen molar-refractivity contribution in [1.29, 1.82) is 0 Å². The average molecular weight is 308 g/mol. The summed E-state index contributed by atoms with van der Waals surface area (Å²) in [5.74, 6) is -0.386. The maximum absolute atomic E-state index is 12.3. The van der Waals surface area contributed by atoms with Crippen molar-refractivity contribution < 1.29 is 9.59 Å². The Labute approximate surface area is 136 Å². The predicted molar refractivity (Wildman–Crippen MR) is 92.8 cm³/mol. The van der Waals surface area contributed by atoms with E-state index in [9.17, 15) is 9.59 Å². The molecule has 0 heterocycles. The van der Waals surface area contributed by atoms with Gasteiger partial charge in [0.15, 0.2) is 0 Å². The van der Waals surface area contributed by atoms with E-state index in [4.69, 9.17) is 0 Å². The summed E-state index contributed by atoms with van der Waals surface area (Å²) < 4.78 is 0. The molecule has 2 rings (SSSR count). The van der Waals surface area contributed by atoms with Crippen LogP contribution in [-0.2, 0) is 0 Å². The van der Waals surface area contributed by atoms with Crippen molar-refractivity contribution in [3.05, 3.63) is 77.4 Å². The fourth-order valence-corrected chi connectivity index (χ4v) is 2.12. The first-order chi connectivity index (χ1) is 11.0. The van der Waals surface area contributed by atoms with Crippen LogP contribution >= 0.6 is 0 Å². The second kappa shape index (κ2) is 7.40. The third-order valence-corrected chi connectivity index (χ3v) is 3.67. The van der Waals surface area contributed by atoms with Crippen LogP contribution < -0.4 is 10.6 Å². The highest BCUT2D eigenvalue weighted by molar-refractivity contribution is 6.05. The minimum atomic E-state index is -0.197. The lowest BCUT2D eigenvalue weighted by atomic mass is 10.1. The highest BCUT2D eigenvalue weighted by Gasteiger charge is 2.10. The first kappa shape index (κ1) is 16.5. The molecule has 2 amide bonds. The van der Waals surface area contributed by atoms with Crippen LogP contribution in [0.1, 0.15) is 31.8 Å². The quantitative estimate of drug-likeness (QED) is 0.831.